The fraction of sp³-hybridized carbons (Fsp3) is 0.455. The van der Waals surface area contributed by atoms with E-state index in [1.807, 2.05) is 20.8 Å². The van der Waals surface area contributed by atoms with Gasteiger partial charge < -0.3 is 0 Å². The Balaban J connectivity index is 1.93. The predicted octanol–water partition coefficient (Wildman–Crippen LogP) is 3.12. The highest BCUT2D eigenvalue weighted by molar-refractivity contribution is 7.99. The van der Waals surface area contributed by atoms with Gasteiger partial charge in [-0.25, -0.2) is 27.6 Å². The number of aromatic nitrogens is 4. The number of hydrogen-bond donors (Lipinski definition) is 0. The zero-order valence-electron chi connectivity index (χ0n) is 19.0. The first kappa shape index (κ1) is 25.1. The van der Waals surface area contributed by atoms with Gasteiger partial charge in [-0.2, -0.15) is 0 Å². The van der Waals surface area contributed by atoms with Crippen LogP contribution in [0, 0.1) is 5.82 Å². The number of sulfone groups is 1. The summed E-state index contributed by atoms with van der Waals surface area (Å²) >= 11 is 1.27. The number of rotatable bonds is 9. The minimum Gasteiger partial charge on any atom is -0.277 e. The van der Waals surface area contributed by atoms with Crippen molar-refractivity contribution in [3.63, 3.8) is 0 Å². The van der Waals surface area contributed by atoms with Crippen molar-refractivity contribution in [3.05, 3.63) is 56.7 Å². The first-order valence-corrected chi connectivity index (χ1v) is 13.3. The highest BCUT2D eigenvalue weighted by atomic mass is 32.2. The van der Waals surface area contributed by atoms with E-state index in [1.165, 1.54) is 35.5 Å². The van der Waals surface area contributed by atoms with Crippen LogP contribution < -0.4 is 11.2 Å². The highest BCUT2D eigenvalue weighted by Gasteiger charge is 2.20. The van der Waals surface area contributed by atoms with E-state index in [2.05, 4.69) is 9.97 Å². The summed E-state index contributed by atoms with van der Waals surface area (Å²) in [7, 11) is -2.13. The van der Waals surface area contributed by atoms with Crippen molar-refractivity contribution in [2.75, 3.05) is 11.5 Å². The van der Waals surface area contributed by atoms with Gasteiger partial charge in [0.05, 0.1) is 10.6 Å². The third kappa shape index (κ3) is 5.35. The van der Waals surface area contributed by atoms with Gasteiger partial charge in [-0.15, -0.1) is 11.8 Å². The number of fused-ring (bicyclic) bond motifs is 1. The average molecular weight is 495 g/mol. The summed E-state index contributed by atoms with van der Waals surface area (Å²) in [5, 5.41) is 0.703. The van der Waals surface area contributed by atoms with E-state index in [0.717, 1.165) is 16.7 Å². The van der Waals surface area contributed by atoms with Crippen LogP contribution in [0.2, 0.25) is 0 Å². The fourth-order valence-corrected chi connectivity index (χ4v) is 5.78. The van der Waals surface area contributed by atoms with Crippen LogP contribution in [0.3, 0.4) is 0 Å². The molecule has 0 aliphatic heterocycles. The lowest BCUT2D eigenvalue weighted by Crippen LogP contribution is -2.39. The second kappa shape index (κ2) is 10.2. The van der Waals surface area contributed by atoms with Gasteiger partial charge in [-0.3, -0.25) is 13.9 Å². The fourth-order valence-electron chi connectivity index (χ4n) is 3.32. The van der Waals surface area contributed by atoms with Crippen molar-refractivity contribution >= 4 is 32.6 Å². The summed E-state index contributed by atoms with van der Waals surface area (Å²) in [6, 6.07) is 4.74. The topological polar surface area (TPSA) is 104 Å². The predicted molar refractivity (Wildman–Crippen MR) is 127 cm³/mol. The van der Waals surface area contributed by atoms with Crippen LogP contribution in [0.1, 0.15) is 45.4 Å². The number of nitrogens with zero attached hydrogens (tertiary/aromatic N) is 4. The molecular weight excluding hydrogens is 467 g/mol. The van der Waals surface area contributed by atoms with Crippen LogP contribution in [0.5, 0.6) is 0 Å². The Hall–Kier alpha value is -2.53. The van der Waals surface area contributed by atoms with E-state index in [0.29, 0.717) is 41.6 Å². The van der Waals surface area contributed by atoms with Gasteiger partial charge in [0.2, 0.25) is 0 Å². The van der Waals surface area contributed by atoms with Crippen molar-refractivity contribution in [3.8, 4) is 0 Å². The third-order valence-electron chi connectivity index (χ3n) is 5.10. The van der Waals surface area contributed by atoms with Crippen LogP contribution in [0.4, 0.5) is 4.39 Å². The zero-order chi connectivity index (χ0) is 24.3. The molecule has 2 heterocycles. The van der Waals surface area contributed by atoms with Gasteiger partial charge >= 0.3 is 5.69 Å². The molecule has 0 N–H and O–H groups in total. The highest BCUT2D eigenvalue weighted by Crippen LogP contribution is 2.26. The van der Waals surface area contributed by atoms with E-state index in [4.69, 9.17) is 0 Å². The summed E-state index contributed by atoms with van der Waals surface area (Å²) in [6.07, 6.45) is 1.000. The van der Waals surface area contributed by atoms with Gasteiger partial charge in [-0.05, 0) is 37.1 Å². The molecule has 0 radical (unpaired) electrons. The molecule has 178 valence electrons. The Morgan fingerprint density at radius 1 is 1.12 bits per heavy atom. The molecule has 0 spiro atoms. The zero-order valence-corrected chi connectivity index (χ0v) is 20.7. The Labute approximate surface area is 195 Å². The van der Waals surface area contributed by atoms with Crippen LogP contribution in [-0.4, -0.2) is 39.0 Å². The van der Waals surface area contributed by atoms with Crippen molar-refractivity contribution in [2.24, 2.45) is 7.05 Å². The maximum absolute atomic E-state index is 13.1. The minimum absolute atomic E-state index is 0.0261. The number of aryl methyl sites for hydroxylation is 1. The van der Waals surface area contributed by atoms with Gasteiger partial charge in [0.15, 0.2) is 15.5 Å². The van der Waals surface area contributed by atoms with Crippen LogP contribution >= 0.6 is 11.8 Å². The minimum atomic E-state index is -3.55. The molecule has 33 heavy (non-hydrogen) atoms. The summed E-state index contributed by atoms with van der Waals surface area (Å²) in [5.74, 6) is 0.261. The summed E-state index contributed by atoms with van der Waals surface area (Å²) in [6.45, 7) is 6.20. The molecule has 0 amide bonds. The lowest BCUT2D eigenvalue weighted by atomic mass is 10.2. The SMILES string of the molecule is CCCn1c(=O)n(C)c(=O)c2c(SCCCS(=O)(=O)c3ccc(F)cc3)nc(C(C)C)nc21. The normalized spacial score (nSPS) is 12.1. The molecule has 0 fully saturated rings. The second-order valence-electron chi connectivity index (χ2n) is 8.01. The molecule has 0 atom stereocenters. The lowest BCUT2D eigenvalue weighted by molar-refractivity contribution is 0.593. The third-order valence-corrected chi connectivity index (χ3v) is 7.98. The Bertz CT molecular complexity index is 1380. The summed E-state index contributed by atoms with van der Waals surface area (Å²) < 4.78 is 40.7. The number of halogens is 1. The molecule has 0 aliphatic rings. The van der Waals surface area contributed by atoms with Crippen molar-refractivity contribution in [2.45, 2.75) is 56.0 Å². The van der Waals surface area contributed by atoms with Crippen molar-refractivity contribution in [1.29, 1.82) is 0 Å². The summed E-state index contributed by atoms with van der Waals surface area (Å²) in [4.78, 5) is 34.8. The summed E-state index contributed by atoms with van der Waals surface area (Å²) in [5.41, 5.74) is -0.590. The van der Waals surface area contributed by atoms with Crippen molar-refractivity contribution < 1.29 is 12.8 Å². The molecule has 0 bridgehead atoms. The largest absolute Gasteiger partial charge is 0.332 e. The molecule has 0 saturated heterocycles. The van der Waals surface area contributed by atoms with E-state index in [1.54, 1.807) is 0 Å². The van der Waals surface area contributed by atoms with Crippen molar-refractivity contribution in [1.82, 2.24) is 19.1 Å². The maximum Gasteiger partial charge on any atom is 0.332 e. The molecule has 11 heteroatoms. The molecular formula is C22H27FN4O4S2. The van der Waals surface area contributed by atoms with Gasteiger partial charge in [0.25, 0.3) is 5.56 Å². The molecule has 0 unspecified atom stereocenters. The van der Waals surface area contributed by atoms with E-state index < -0.39 is 26.9 Å². The molecule has 8 nitrogen and oxygen atoms in total. The Kier molecular flexibility index (Phi) is 7.73. The van der Waals surface area contributed by atoms with E-state index in [-0.39, 0.29) is 22.0 Å². The Morgan fingerprint density at radius 3 is 2.39 bits per heavy atom. The average Bonchev–Trinajstić information content (AvgIpc) is 2.77. The monoisotopic (exact) mass is 494 g/mol. The van der Waals surface area contributed by atoms with Crippen LogP contribution in [0.25, 0.3) is 11.0 Å². The Morgan fingerprint density at radius 2 is 1.79 bits per heavy atom. The molecule has 0 aliphatic carbocycles. The first-order chi connectivity index (χ1) is 15.6. The molecule has 3 aromatic rings. The molecule has 2 aromatic heterocycles. The van der Waals surface area contributed by atoms with E-state index >= 15 is 0 Å². The van der Waals surface area contributed by atoms with Crippen LogP contribution in [-0.2, 0) is 23.4 Å². The van der Waals surface area contributed by atoms with E-state index in [9.17, 15) is 22.4 Å². The lowest BCUT2D eigenvalue weighted by Gasteiger charge is -2.15. The van der Waals surface area contributed by atoms with Gasteiger partial charge in [0, 0.05) is 25.3 Å². The smallest absolute Gasteiger partial charge is 0.277 e. The number of hydrogen-bond acceptors (Lipinski definition) is 7. The molecule has 0 saturated carbocycles. The standard InChI is InChI=1S/C22H27FN4O4S2/c1-5-11-27-19-17(21(28)26(4)22(27)29)20(25-18(24-19)14(2)3)32-12-6-13-33(30,31)16-9-7-15(23)8-10-16/h7-10,14H,5-6,11-13H2,1-4H3. The quantitative estimate of drug-likeness (QED) is 0.195. The van der Waals surface area contributed by atoms with Gasteiger partial charge in [0.1, 0.15) is 22.1 Å². The second-order valence-corrected chi connectivity index (χ2v) is 11.2. The number of thioether (sulfide) groups is 1. The maximum atomic E-state index is 13.1. The molecule has 1 aromatic carbocycles. The van der Waals surface area contributed by atoms with Crippen LogP contribution in [0.15, 0.2) is 43.8 Å². The first-order valence-electron chi connectivity index (χ1n) is 10.7. The molecule has 3 rings (SSSR count). The number of benzene rings is 1. The van der Waals surface area contributed by atoms with Gasteiger partial charge in [-0.1, -0.05) is 20.8 Å².